The van der Waals surface area contributed by atoms with Gasteiger partial charge in [0, 0.05) is 25.2 Å². The number of hydrogen-bond acceptors (Lipinski definition) is 4. The SMILES string of the molecule is C[C@@H]1CN(S(=O)(=O)c2cccc(C(=O)NCc3ccccc3)c2)C[C@H](C)O1. The zero-order chi connectivity index (χ0) is 19.4. The highest BCUT2D eigenvalue weighted by molar-refractivity contribution is 7.89. The third-order valence-corrected chi connectivity index (χ3v) is 6.24. The van der Waals surface area contributed by atoms with Gasteiger partial charge >= 0.3 is 0 Å². The lowest BCUT2D eigenvalue weighted by Gasteiger charge is -2.34. The largest absolute Gasteiger partial charge is 0.373 e. The van der Waals surface area contributed by atoms with Crippen molar-refractivity contribution in [2.75, 3.05) is 13.1 Å². The second kappa shape index (κ2) is 8.21. The lowest BCUT2D eigenvalue weighted by atomic mass is 10.2. The van der Waals surface area contributed by atoms with Gasteiger partial charge in [-0.2, -0.15) is 4.31 Å². The van der Waals surface area contributed by atoms with E-state index in [9.17, 15) is 13.2 Å². The van der Waals surface area contributed by atoms with E-state index in [0.29, 0.717) is 25.2 Å². The Kier molecular flexibility index (Phi) is 5.94. The zero-order valence-corrected chi connectivity index (χ0v) is 16.3. The van der Waals surface area contributed by atoms with Gasteiger partial charge in [0.05, 0.1) is 17.1 Å². The normalized spacial score (nSPS) is 21.0. The predicted molar refractivity (Wildman–Crippen MR) is 103 cm³/mol. The second-order valence-corrected chi connectivity index (χ2v) is 8.71. The Balaban J connectivity index is 1.75. The number of nitrogens with one attached hydrogen (secondary N) is 1. The quantitative estimate of drug-likeness (QED) is 0.854. The second-order valence-electron chi connectivity index (χ2n) is 6.78. The first-order chi connectivity index (χ1) is 12.9. The number of carbonyl (C=O) groups excluding carboxylic acids is 1. The third kappa shape index (κ3) is 4.74. The molecule has 0 unspecified atom stereocenters. The standard InChI is InChI=1S/C20H24N2O4S/c1-15-13-22(14-16(2)26-15)27(24,25)19-10-6-9-18(11-19)20(23)21-12-17-7-4-3-5-8-17/h3-11,15-16H,12-14H2,1-2H3,(H,21,23)/t15-,16+. The van der Waals surface area contributed by atoms with Gasteiger partial charge in [-0.05, 0) is 37.6 Å². The molecule has 1 saturated heterocycles. The van der Waals surface area contributed by atoms with Crippen molar-refractivity contribution in [3.63, 3.8) is 0 Å². The van der Waals surface area contributed by atoms with E-state index in [4.69, 9.17) is 4.74 Å². The van der Waals surface area contributed by atoms with Gasteiger partial charge in [0.25, 0.3) is 5.91 Å². The molecular formula is C20H24N2O4S. The Morgan fingerprint density at radius 1 is 1.07 bits per heavy atom. The van der Waals surface area contributed by atoms with E-state index in [0.717, 1.165) is 5.56 Å². The molecule has 0 aliphatic carbocycles. The number of amides is 1. The summed E-state index contributed by atoms with van der Waals surface area (Å²) >= 11 is 0. The molecular weight excluding hydrogens is 364 g/mol. The Labute approximate surface area is 160 Å². The highest BCUT2D eigenvalue weighted by Gasteiger charge is 2.32. The third-order valence-electron chi connectivity index (χ3n) is 4.42. The van der Waals surface area contributed by atoms with E-state index in [-0.39, 0.29) is 23.0 Å². The zero-order valence-electron chi connectivity index (χ0n) is 15.5. The Bertz CT molecular complexity index is 889. The number of ether oxygens (including phenoxy) is 1. The molecule has 2 aromatic carbocycles. The van der Waals surface area contributed by atoms with Crippen LogP contribution in [-0.2, 0) is 21.3 Å². The van der Waals surface area contributed by atoms with Crippen LogP contribution in [0.4, 0.5) is 0 Å². The fourth-order valence-corrected chi connectivity index (χ4v) is 4.79. The van der Waals surface area contributed by atoms with Crippen LogP contribution in [0.1, 0.15) is 29.8 Å². The van der Waals surface area contributed by atoms with E-state index < -0.39 is 10.0 Å². The summed E-state index contributed by atoms with van der Waals surface area (Å²) < 4.78 is 33.0. The van der Waals surface area contributed by atoms with Crippen LogP contribution < -0.4 is 5.32 Å². The van der Waals surface area contributed by atoms with E-state index in [1.807, 2.05) is 44.2 Å². The smallest absolute Gasteiger partial charge is 0.251 e. The van der Waals surface area contributed by atoms with Crippen molar-refractivity contribution in [3.05, 3.63) is 65.7 Å². The van der Waals surface area contributed by atoms with Crippen molar-refractivity contribution in [1.82, 2.24) is 9.62 Å². The summed E-state index contributed by atoms with van der Waals surface area (Å²) in [7, 11) is -3.68. The summed E-state index contributed by atoms with van der Waals surface area (Å²) in [6, 6.07) is 15.7. The molecule has 1 amide bonds. The lowest BCUT2D eigenvalue weighted by Crippen LogP contribution is -2.48. The summed E-state index contributed by atoms with van der Waals surface area (Å²) in [5.74, 6) is -0.306. The maximum Gasteiger partial charge on any atom is 0.251 e. The lowest BCUT2D eigenvalue weighted by molar-refractivity contribution is -0.0440. The molecule has 2 atom stereocenters. The topological polar surface area (TPSA) is 75.7 Å². The molecule has 0 saturated carbocycles. The molecule has 27 heavy (non-hydrogen) atoms. The number of carbonyl (C=O) groups is 1. The van der Waals surface area contributed by atoms with Crippen molar-refractivity contribution in [3.8, 4) is 0 Å². The van der Waals surface area contributed by atoms with E-state index in [1.165, 1.54) is 16.4 Å². The number of rotatable bonds is 5. The average molecular weight is 388 g/mol. The summed E-state index contributed by atoms with van der Waals surface area (Å²) in [4.78, 5) is 12.6. The van der Waals surface area contributed by atoms with Crippen LogP contribution in [-0.4, -0.2) is 43.9 Å². The molecule has 0 spiro atoms. The highest BCUT2D eigenvalue weighted by atomic mass is 32.2. The van der Waals surface area contributed by atoms with Crippen LogP contribution in [0.2, 0.25) is 0 Å². The Morgan fingerprint density at radius 3 is 2.41 bits per heavy atom. The molecule has 1 aliphatic heterocycles. The van der Waals surface area contributed by atoms with Crippen LogP contribution in [0.5, 0.6) is 0 Å². The first-order valence-electron chi connectivity index (χ1n) is 8.94. The van der Waals surface area contributed by atoms with Gasteiger partial charge in [0.15, 0.2) is 0 Å². The molecule has 2 aromatic rings. The Morgan fingerprint density at radius 2 is 1.74 bits per heavy atom. The van der Waals surface area contributed by atoms with Gasteiger partial charge in [-0.3, -0.25) is 4.79 Å². The molecule has 1 heterocycles. The van der Waals surface area contributed by atoms with Crippen molar-refractivity contribution in [2.45, 2.75) is 37.5 Å². The van der Waals surface area contributed by atoms with Gasteiger partial charge < -0.3 is 10.1 Å². The highest BCUT2D eigenvalue weighted by Crippen LogP contribution is 2.22. The van der Waals surface area contributed by atoms with Crippen molar-refractivity contribution in [2.24, 2.45) is 0 Å². The minimum Gasteiger partial charge on any atom is -0.373 e. The van der Waals surface area contributed by atoms with Crippen LogP contribution in [0.25, 0.3) is 0 Å². The minimum absolute atomic E-state index is 0.121. The van der Waals surface area contributed by atoms with Gasteiger partial charge in [0.1, 0.15) is 0 Å². The number of benzene rings is 2. The Hall–Kier alpha value is -2.22. The molecule has 0 radical (unpaired) electrons. The predicted octanol–water partition coefficient (Wildman–Crippen LogP) is 2.41. The number of nitrogens with zero attached hydrogens (tertiary/aromatic N) is 1. The molecule has 1 fully saturated rings. The van der Waals surface area contributed by atoms with Crippen molar-refractivity contribution < 1.29 is 17.9 Å². The van der Waals surface area contributed by atoms with Gasteiger partial charge in [-0.25, -0.2) is 8.42 Å². The summed E-state index contributed by atoms with van der Waals surface area (Å²) in [5.41, 5.74) is 1.30. The molecule has 1 aliphatic rings. The van der Waals surface area contributed by atoms with Crippen molar-refractivity contribution in [1.29, 1.82) is 0 Å². The first kappa shape index (κ1) is 19.5. The van der Waals surface area contributed by atoms with Crippen LogP contribution in [0.15, 0.2) is 59.5 Å². The fraction of sp³-hybridized carbons (Fsp3) is 0.350. The van der Waals surface area contributed by atoms with Crippen molar-refractivity contribution >= 4 is 15.9 Å². The van der Waals surface area contributed by atoms with E-state index in [1.54, 1.807) is 12.1 Å². The molecule has 0 bridgehead atoms. The van der Waals surface area contributed by atoms with Crippen LogP contribution >= 0.6 is 0 Å². The van der Waals surface area contributed by atoms with E-state index in [2.05, 4.69) is 5.32 Å². The number of morpholine rings is 1. The summed E-state index contributed by atoms with van der Waals surface area (Å²) in [6.45, 7) is 4.70. The molecule has 7 heteroatoms. The average Bonchev–Trinajstić information content (AvgIpc) is 2.66. The van der Waals surface area contributed by atoms with Gasteiger partial charge in [-0.1, -0.05) is 36.4 Å². The maximum absolute atomic E-state index is 13.0. The summed E-state index contributed by atoms with van der Waals surface area (Å²) in [6.07, 6.45) is -0.332. The van der Waals surface area contributed by atoms with E-state index >= 15 is 0 Å². The minimum atomic E-state index is -3.68. The fourth-order valence-electron chi connectivity index (χ4n) is 3.15. The summed E-state index contributed by atoms with van der Waals surface area (Å²) in [5, 5.41) is 2.82. The molecule has 144 valence electrons. The molecule has 3 rings (SSSR count). The monoisotopic (exact) mass is 388 g/mol. The number of hydrogen-bond donors (Lipinski definition) is 1. The molecule has 1 N–H and O–H groups in total. The van der Waals surface area contributed by atoms with Crippen LogP contribution in [0.3, 0.4) is 0 Å². The maximum atomic E-state index is 13.0. The first-order valence-corrected chi connectivity index (χ1v) is 10.4. The van der Waals surface area contributed by atoms with Crippen LogP contribution in [0, 0.1) is 0 Å². The molecule has 6 nitrogen and oxygen atoms in total. The molecule has 0 aromatic heterocycles. The van der Waals surface area contributed by atoms with Gasteiger partial charge in [0.2, 0.25) is 10.0 Å². The number of sulfonamides is 1. The van der Waals surface area contributed by atoms with Gasteiger partial charge in [-0.15, -0.1) is 0 Å².